The van der Waals surface area contributed by atoms with E-state index in [2.05, 4.69) is 5.32 Å². The molecule has 1 fully saturated rings. The van der Waals surface area contributed by atoms with Crippen molar-refractivity contribution in [2.75, 3.05) is 7.11 Å². The minimum atomic E-state index is -1.08. The van der Waals surface area contributed by atoms with Gasteiger partial charge in [-0.1, -0.05) is 0 Å². The van der Waals surface area contributed by atoms with Crippen molar-refractivity contribution in [2.45, 2.75) is 38.6 Å². The van der Waals surface area contributed by atoms with Crippen molar-refractivity contribution in [3.05, 3.63) is 28.8 Å². The third-order valence-corrected chi connectivity index (χ3v) is 3.90. The van der Waals surface area contributed by atoms with Crippen LogP contribution in [0.2, 0.25) is 0 Å². The van der Waals surface area contributed by atoms with Crippen LogP contribution in [0.5, 0.6) is 5.75 Å². The number of methoxy groups -OCH3 is 1. The van der Waals surface area contributed by atoms with Gasteiger partial charge in [-0.05, 0) is 56.4 Å². The molecule has 108 valence electrons. The second-order valence-corrected chi connectivity index (χ2v) is 5.34. The standard InChI is InChI=1S/C15H19NO4/c1-9-7-11(8-10(2)12(9)20-3)13(17)16-15(14(18)19)5-4-6-15/h7-8H,4-6H2,1-3H3,(H,16,17)(H,18,19). The normalized spacial score (nSPS) is 16.1. The van der Waals surface area contributed by atoms with Gasteiger partial charge in [0, 0.05) is 5.56 Å². The van der Waals surface area contributed by atoms with E-state index in [0.717, 1.165) is 23.3 Å². The van der Waals surface area contributed by atoms with E-state index in [1.807, 2.05) is 13.8 Å². The summed E-state index contributed by atoms with van der Waals surface area (Å²) in [5.74, 6) is -0.557. The highest BCUT2D eigenvalue weighted by Gasteiger charge is 2.45. The van der Waals surface area contributed by atoms with E-state index in [9.17, 15) is 14.7 Å². The van der Waals surface area contributed by atoms with Crippen molar-refractivity contribution in [1.82, 2.24) is 5.32 Å². The van der Waals surface area contributed by atoms with Gasteiger partial charge < -0.3 is 15.2 Å². The lowest BCUT2D eigenvalue weighted by Crippen LogP contribution is -2.59. The molecule has 1 amide bonds. The molecule has 2 rings (SSSR count). The lowest BCUT2D eigenvalue weighted by molar-refractivity contribution is -0.148. The molecule has 0 unspecified atom stereocenters. The SMILES string of the molecule is COc1c(C)cc(C(=O)NC2(C(=O)O)CCC2)cc1C. The lowest BCUT2D eigenvalue weighted by atomic mass is 9.76. The summed E-state index contributed by atoms with van der Waals surface area (Å²) in [7, 11) is 1.59. The van der Waals surface area contributed by atoms with Crippen molar-refractivity contribution < 1.29 is 19.4 Å². The summed E-state index contributed by atoms with van der Waals surface area (Å²) in [5.41, 5.74) is 1.10. The van der Waals surface area contributed by atoms with Crippen LogP contribution < -0.4 is 10.1 Å². The number of carbonyl (C=O) groups excluding carboxylic acids is 1. The Kier molecular flexibility index (Phi) is 3.70. The van der Waals surface area contributed by atoms with E-state index in [1.165, 1.54) is 0 Å². The van der Waals surface area contributed by atoms with Crippen molar-refractivity contribution in [3.63, 3.8) is 0 Å². The fraction of sp³-hybridized carbons (Fsp3) is 0.467. The average Bonchev–Trinajstić information content (AvgIpc) is 2.32. The molecule has 0 atom stereocenters. The quantitative estimate of drug-likeness (QED) is 0.883. The molecule has 1 aliphatic carbocycles. The zero-order valence-electron chi connectivity index (χ0n) is 11.9. The smallest absolute Gasteiger partial charge is 0.329 e. The van der Waals surface area contributed by atoms with Gasteiger partial charge in [-0.25, -0.2) is 4.79 Å². The number of rotatable bonds is 4. The number of hydrogen-bond acceptors (Lipinski definition) is 3. The number of nitrogens with one attached hydrogen (secondary N) is 1. The summed E-state index contributed by atoms with van der Waals surface area (Å²) in [6, 6.07) is 3.44. The minimum absolute atomic E-state index is 0.346. The highest BCUT2D eigenvalue weighted by molar-refractivity contribution is 5.98. The van der Waals surface area contributed by atoms with E-state index in [1.54, 1.807) is 19.2 Å². The number of amides is 1. The number of carboxylic acid groups (broad SMARTS) is 1. The van der Waals surface area contributed by atoms with E-state index in [4.69, 9.17) is 4.74 Å². The van der Waals surface area contributed by atoms with Gasteiger partial charge in [0.2, 0.25) is 0 Å². The number of aliphatic carboxylic acids is 1. The zero-order chi connectivity index (χ0) is 14.9. The third-order valence-electron chi connectivity index (χ3n) is 3.90. The van der Waals surface area contributed by atoms with Crippen LogP contribution in [-0.4, -0.2) is 29.6 Å². The van der Waals surface area contributed by atoms with Crippen LogP contribution in [0, 0.1) is 13.8 Å². The molecule has 0 saturated heterocycles. The molecule has 20 heavy (non-hydrogen) atoms. The summed E-state index contributed by atoms with van der Waals surface area (Å²) in [5, 5.41) is 11.9. The summed E-state index contributed by atoms with van der Waals surface area (Å²) < 4.78 is 5.26. The fourth-order valence-electron chi connectivity index (χ4n) is 2.62. The molecule has 1 aromatic carbocycles. The van der Waals surface area contributed by atoms with Crippen LogP contribution in [-0.2, 0) is 4.79 Å². The van der Waals surface area contributed by atoms with E-state index < -0.39 is 11.5 Å². The number of hydrogen-bond donors (Lipinski definition) is 2. The molecule has 5 nitrogen and oxygen atoms in total. The van der Waals surface area contributed by atoms with E-state index >= 15 is 0 Å². The van der Waals surface area contributed by atoms with Gasteiger partial charge in [-0.3, -0.25) is 4.79 Å². The summed E-state index contributed by atoms with van der Waals surface area (Å²) in [4.78, 5) is 23.5. The largest absolute Gasteiger partial charge is 0.496 e. The molecule has 5 heteroatoms. The first-order valence-corrected chi connectivity index (χ1v) is 6.61. The van der Waals surface area contributed by atoms with E-state index in [0.29, 0.717) is 18.4 Å². The molecule has 0 bridgehead atoms. The van der Waals surface area contributed by atoms with Crippen LogP contribution in [0.15, 0.2) is 12.1 Å². The van der Waals surface area contributed by atoms with Gasteiger partial charge in [0.1, 0.15) is 11.3 Å². The van der Waals surface area contributed by atoms with Crippen LogP contribution in [0.25, 0.3) is 0 Å². The predicted octanol–water partition coefficient (Wildman–Crippen LogP) is 2.05. The molecule has 2 N–H and O–H groups in total. The van der Waals surface area contributed by atoms with Crippen LogP contribution >= 0.6 is 0 Å². The molecule has 0 radical (unpaired) electrons. The Balaban J connectivity index is 2.24. The average molecular weight is 277 g/mol. The monoisotopic (exact) mass is 277 g/mol. The molecule has 0 heterocycles. The molecule has 1 saturated carbocycles. The highest BCUT2D eigenvalue weighted by atomic mass is 16.5. The number of carbonyl (C=O) groups is 2. The first-order valence-electron chi connectivity index (χ1n) is 6.61. The maximum Gasteiger partial charge on any atom is 0.329 e. The first kappa shape index (κ1) is 14.4. The Hall–Kier alpha value is -2.04. The highest BCUT2D eigenvalue weighted by Crippen LogP contribution is 2.32. The van der Waals surface area contributed by atoms with Gasteiger partial charge in [0.15, 0.2) is 0 Å². The van der Waals surface area contributed by atoms with Crippen LogP contribution in [0.1, 0.15) is 40.7 Å². The Morgan fingerprint density at radius 3 is 2.15 bits per heavy atom. The second-order valence-electron chi connectivity index (χ2n) is 5.34. The van der Waals surface area contributed by atoms with E-state index in [-0.39, 0.29) is 5.91 Å². The summed E-state index contributed by atoms with van der Waals surface area (Å²) in [6.07, 6.45) is 1.80. The third kappa shape index (κ3) is 2.35. The van der Waals surface area contributed by atoms with Crippen molar-refractivity contribution >= 4 is 11.9 Å². The number of benzene rings is 1. The second kappa shape index (κ2) is 5.15. The van der Waals surface area contributed by atoms with Crippen molar-refractivity contribution in [2.24, 2.45) is 0 Å². The van der Waals surface area contributed by atoms with Crippen molar-refractivity contribution in [3.8, 4) is 5.75 Å². The zero-order valence-corrected chi connectivity index (χ0v) is 11.9. The fourth-order valence-corrected chi connectivity index (χ4v) is 2.62. The van der Waals surface area contributed by atoms with Gasteiger partial charge >= 0.3 is 5.97 Å². The number of aryl methyl sites for hydroxylation is 2. The molecule has 0 aliphatic heterocycles. The molecule has 1 aromatic rings. The van der Waals surface area contributed by atoms with Gasteiger partial charge in [-0.2, -0.15) is 0 Å². The van der Waals surface area contributed by atoms with Gasteiger partial charge in [0.25, 0.3) is 5.91 Å². The Bertz CT molecular complexity index is 538. The van der Waals surface area contributed by atoms with Crippen molar-refractivity contribution in [1.29, 1.82) is 0 Å². The summed E-state index contributed by atoms with van der Waals surface area (Å²) in [6.45, 7) is 3.72. The topological polar surface area (TPSA) is 75.6 Å². The Labute approximate surface area is 117 Å². The minimum Gasteiger partial charge on any atom is -0.496 e. The van der Waals surface area contributed by atoms with Gasteiger partial charge in [0.05, 0.1) is 7.11 Å². The molecule has 1 aliphatic rings. The van der Waals surface area contributed by atoms with Gasteiger partial charge in [-0.15, -0.1) is 0 Å². The van der Waals surface area contributed by atoms with Crippen LogP contribution in [0.4, 0.5) is 0 Å². The molecular weight excluding hydrogens is 258 g/mol. The maximum atomic E-state index is 12.2. The predicted molar refractivity (Wildman–Crippen MR) is 74.2 cm³/mol. The maximum absolute atomic E-state index is 12.2. The summed E-state index contributed by atoms with van der Waals surface area (Å²) >= 11 is 0. The Morgan fingerprint density at radius 2 is 1.80 bits per heavy atom. The molecular formula is C15H19NO4. The van der Waals surface area contributed by atoms with Crippen LogP contribution in [0.3, 0.4) is 0 Å². The molecule has 0 aromatic heterocycles. The Morgan fingerprint density at radius 1 is 1.25 bits per heavy atom. The molecule has 0 spiro atoms. The number of carboxylic acids is 1. The lowest BCUT2D eigenvalue weighted by Gasteiger charge is -2.38. The first-order chi connectivity index (χ1) is 9.39. The number of ether oxygens (including phenoxy) is 1.